The van der Waals surface area contributed by atoms with Gasteiger partial charge in [0, 0.05) is 24.5 Å². The Balaban J connectivity index is 2.06. The summed E-state index contributed by atoms with van der Waals surface area (Å²) in [6, 6.07) is 6.59. The molecule has 1 N–H and O–H groups in total. The Morgan fingerprint density at radius 2 is 1.89 bits per heavy atom. The summed E-state index contributed by atoms with van der Waals surface area (Å²) in [5.74, 6) is 0.906. The van der Waals surface area contributed by atoms with Crippen molar-refractivity contribution < 1.29 is 0 Å². The van der Waals surface area contributed by atoms with E-state index in [0.717, 1.165) is 30.3 Å². The van der Waals surface area contributed by atoms with Gasteiger partial charge in [0.1, 0.15) is 5.82 Å². The van der Waals surface area contributed by atoms with Crippen molar-refractivity contribution in [2.45, 2.75) is 33.6 Å². The van der Waals surface area contributed by atoms with Gasteiger partial charge in [0.25, 0.3) is 0 Å². The molecule has 0 radical (unpaired) electrons. The van der Waals surface area contributed by atoms with Gasteiger partial charge in [-0.2, -0.15) is 4.37 Å². The third-order valence-corrected chi connectivity index (χ3v) is 3.35. The molecule has 96 valence electrons. The van der Waals surface area contributed by atoms with E-state index in [1.807, 2.05) is 0 Å². The second-order valence-electron chi connectivity index (χ2n) is 4.62. The molecule has 0 spiro atoms. The number of rotatable bonds is 5. The molecule has 0 unspecified atom stereocenters. The molecular formula is C14H19N3S. The lowest BCUT2D eigenvalue weighted by atomic mass is 10.1. The van der Waals surface area contributed by atoms with Crippen molar-refractivity contribution in [1.82, 2.24) is 9.36 Å². The van der Waals surface area contributed by atoms with Crippen LogP contribution >= 0.6 is 11.5 Å². The molecular weight excluding hydrogens is 242 g/mol. The molecule has 3 nitrogen and oxygen atoms in total. The predicted octanol–water partition coefficient (Wildman–Crippen LogP) is 3.57. The highest BCUT2D eigenvalue weighted by atomic mass is 32.1. The molecule has 0 aliphatic carbocycles. The normalized spacial score (nSPS) is 10.6. The molecule has 1 aromatic carbocycles. The lowest BCUT2D eigenvalue weighted by molar-refractivity contribution is 0.966. The van der Waals surface area contributed by atoms with Crippen molar-refractivity contribution in [1.29, 1.82) is 0 Å². The van der Waals surface area contributed by atoms with Crippen LogP contribution in [0.3, 0.4) is 0 Å². The molecule has 0 aliphatic rings. The lowest BCUT2D eigenvalue weighted by Crippen LogP contribution is -1.99. The monoisotopic (exact) mass is 261 g/mol. The minimum atomic E-state index is 0.812. The second kappa shape index (κ2) is 5.96. The van der Waals surface area contributed by atoms with Crippen LogP contribution in [0, 0.1) is 13.8 Å². The first-order valence-electron chi connectivity index (χ1n) is 6.31. The van der Waals surface area contributed by atoms with Crippen molar-refractivity contribution in [2.24, 2.45) is 0 Å². The minimum absolute atomic E-state index is 0.812. The van der Waals surface area contributed by atoms with Gasteiger partial charge in [-0.15, -0.1) is 0 Å². The third kappa shape index (κ3) is 3.53. The number of aromatic nitrogens is 2. The summed E-state index contributed by atoms with van der Waals surface area (Å²) in [6.45, 7) is 7.35. The van der Waals surface area contributed by atoms with Crippen LogP contribution in [0.2, 0.25) is 0 Å². The molecule has 4 heteroatoms. The fraction of sp³-hybridized carbons (Fsp3) is 0.429. The molecule has 0 bridgehead atoms. The number of hydrogen-bond donors (Lipinski definition) is 1. The summed E-state index contributed by atoms with van der Waals surface area (Å²) >= 11 is 1.44. The first kappa shape index (κ1) is 13.0. The quantitative estimate of drug-likeness (QED) is 0.894. The van der Waals surface area contributed by atoms with Crippen molar-refractivity contribution >= 4 is 16.7 Å². The molecule has 18 heavy (non-hydrogen) atoms. The van der Waals surface area contributed by atoms with Crippen LogP contribution in [-0.4, -0.2) is 15.9 Å². The van der Waals surface area contributed by atoms with Gasteiger partial charge in [-0.25, -0.2) is 4.98 Å². The SMILES string of the molecule is CCCNc1nc(Cc2cc(C)cc(C)c2)ns1. The highest BCUT2D eigenvalue weighted by Crippen LogP contribution is 2.16. The fourth-order valence-electron chi connectivity index (χ4n) is 1.98. The number of benzene rings is 1. The van der Waals surface area contributed by atoms with Crippen LogP contribution in [0.1, 0.15) is 35.9 Å². The minimum Gasteiger partial charge on any atom is -0.360 e. The zero-order valence-corrected chi connectivity index (χ0v) is 12.0. The Morgan fingerprint density at radius 1 is 1.17 bits per heavy atom. The van der Waals surface area contributed by atoms with Gasteiger partial charge in [-0.05, 0) is 25.8 Å². The van der Waals surface area contributed by atoms with E-state index in [1.165, 1.54) is 28.2 Å². The molecule has 0 aliphatic heterocycles. The average Bonchev–Trinajstić information content (AvgIpc) is 2.72. The molecule has 1 heterocycles. The molecule has 0 saturated carbocycles. The number of nitrogens with zero attached hydrogens (tertiary/aromatic N) is 2. The number of nitrogens with one attached hydrogen (secondary N) is 1. The van der Waals surface area contributed by atoms with E-state index in [0.29, 0.717) is 0 Å². The topological polar surface area (TPSA) is 37.8 Å². The first-order chi connectivity index (χ1) is 8.67. The summed E-state index contributed by atoms with van der Waals surface area (Å²) in [4.78, 5) is 4.50. The molecule has 0 amide bonds. The average molecular weight is 261 g/mol. The van der Waals surface area contributed by atoms with Gasteiger partial charge in [0.05, 0.1) is 0 Å². The first-order valence-corrected chi connectivity index (χ1v) is 7.08. The number of aryl methyl sites for hydroxylation is 2. The fourth-order valence-corrected chi connectivity index (χ4v) is 2.59. The van der Waals surface area contributed by atoms with E-state index in [9.17, 15) is 0 Å². The summed E-state index contributed by atoms with van der Waals surface area (Å²) in [5, 5.41) is 4.20. The van der Waals surface area contributed by atoms with E-state index < -0.39 is 0 Å². The van der Waals surface area contributed by atoms with Crippen molar-refractivity contribution in [3.05, 3.63) is 40.7 Å². The zero-order chi connectivity index (χ0) is 13.0. The summed E-state index contributed by atoms with van der Waals surface area (Å²) in [6.07, 6.45) is 1.92. The molecule has 0 atom stereocenters. The summed E-state index contributed by atoms with van der Waals surface area (Å²) < 4.78 is 4.39. The Bertz CT molecular complexity index is 499. The Hall–Kier alpha value is -1.42. The third-order valence-electron chi connectivity index (χ3n) is 2.64. The smallest absolute Gasteiger partial charge is 0.202 e. The van der Waals surface area contributed by atoms with Gasteiger partial charge in [-0.3, -0.25) is 0 Å². The van der Waals surface area contributed by atoms with Gasteiger partial charge < -0.3 is 5.32 Å². The van der Waals surface area contributed by atoms with Gasteiger partial charge >= 0.3 is 0 Å². The zero-order valence-electron chi connectivity index (χ0n) is 11.2. The highest BCUT2D eigenvalue weighted by molar-refractivity contribution is 7.09. The molecule has 2 aromatic rings. The van der Waals surface area contributed by atoms with Gasteiger partial charge in [0.2, 0.25) is 5.13 Å². The maximum Gasteiger partial charge on any atom is 0.202 e. The maximum absolute atomic E-state index is 4.50. The maximum atomic E-state index is 4.50. The number of anilines is 1. The Labute approximate surface area is 112 Å². The van der Waals surface area contributed by atoms with Crippen LogP contribution in [-0.2, 0) is 6.42 Å². The van der Waals surface area contributed by atoms with E-state index in [-0.39, 0.29) is 0 Å². The number of hydrogen-bond acceptors (Lipinski definition) is 4. The summed E-state index contributed by atoms with van der Waals surface area (Å²) in [5.41, 5.74) is 3.88. The molecule has 1 aromatic heterocycles. The largest absolute Gasteiger partial charge is 0.360 e. The highest BCUT2D eigenvalue weighted by Gasteiger charge is 2.05. The van der Waals surface area contributed by atoms with E-state index in [4.69, 9.17) is 0 Å². The van der Waals surface area contributed by atoms with E-state index in [1.54, 1.807) is 0 Å². The van der Waals surface area contributed by atoms with Crippen LogP contribution in [0.5, 0.6) is 0 Å². The van der Waals surface area contributed by atoms with Crippen LogP contribution in [0.15, 0.2) is 18.2 Å². The van der Waals surface area contributed by atoms with Crippen molar-refractivity contribution in [3.63, 3.8) is 0 Å². The molecule has 0 fully saturated rings. The molecule has 0 saturated heterocycles. The van der Waals surface area contributed by atoms with E-state index in [2.05, 4.69) is 53.6 Å². The van der Waals surface area contributed by atoms with Crippen LogP contribution < -0.4 is 5.32 Å². The summed E-state index contributed by atoms with van der Waals surface area (Å²) in [7, 11) is 0. The van der Waals surface area contributed by atoms with Gasteiger partial charge in [-0.1, -0.05) is 36.2 Å². The molecule has 2 rings (SSSR count). The standard InChI is InChI=1S/C14H19N3S/c1-4-5-15-14-16-13(17-18-14)9-12-7-10(2)6-11(3)8-12/h6-8H,4-5,9H2,1-3H3,(H,15,16,17). The van der Waals surface area contributed by atoms with E-state index >= 15 is 0 Å². The van der Waals surface area contributed by atoms with Crippen molar-refractivity contribution in [3.8, 4) is 0 Å². The second-order valence-corrected chi connectivity index (χ2v) is 5.37. The Morgan fingerprint density at radius 3 is 2.56 bits per heavy atom. The lowest BCUT2D eigenvalue weighted by Gasteiger charge is -2.02. The van der Waals surface area contributed by atoms with Crippen LogP contribution in [0.25, 0.3) is 0 Å². The van der Waals surface area contributed by atoms with Crippen LogP contribution in [0.4, 0.5) is 5.13 Å². The van der Waals surface area contributed by atoms with Gasteiger partial charge in [0.15, 0.2) is 0 Å². The Kier molecular flexibility index (Phi) is 4.31. The predicted molar refractivity (Wildman–Crippen MR) is 77.4 cm³/mol. The van der Waals surface area contributed by atoms with Crippen molar-refractivity contribution in [2.75, 3.05) is 11.9 Å².